The van der Waals surface area contributed by atoms with Crippen molar-refractivity contribution in [2.24, 2.45) is 5.92 Å². The Kier molecular flexibility index (Phi) is 3.82. The van der Waals surface area contributed by atoms with Gasteiger partial charge >= 0.3 is 0 Å². The minimum atomic E-state index is -0.222. The molecule has 1 aliphatic heterocycles. The van der Waals surface area contributed by atoms with Gasteiger partial charge in [0.2, 0.25) is 0 Å². The third kappa shape index (κ3) is 2.55. The number of hydrogen-bond acceptors (Lipinski definition) is 2. The van der Waals surface area contributed by atoms with E-state index >= 15 is 0 Å². The number of benzene rings is 1. The second kappa shape index (κ2) is 5.15. The molecule has 0 bridgehead atoms. The van der Waals surface area contributed by atoms with Gasteiger partial charge in [-0.3, -0.25) is 0 Å². The van der Waals surface area contributed by atoms with Gasteiger partial charge in [-0.1, -0.05) is 6.07 Å². The van der Waals surface area contributed by atoms with Crippen LogP contribution >= 0.6 is 15.9 Å². The third-order valence-corrected chi connectivity index (χ3v) is 3.67. The number of anilines is 1. The summed E-state index contributed by atoms with van der Waals surface area (Å²) in [7, 11) is 0. The lowest BCUT2D eigenvalue weighted by Gasteiger charge is -2.21. The second-order valence-corrected chi connectivity index (χ2v) is 5.01. The van der Waals surface area contributed by atoms with E-state index in [1.54, 1.807) is 6.07 Å². The summed E-state index contributed by atoms with van der Waals surface area (Å²) in [4.78, 5) is 0. The van der Waals surface area contributed by atoms with Gasteiger partial charge in [-0.25, -0.2) is 4.39 Å². The van der Waals surface area contributed by atoms with Crippen LogP contribution in [0.3, 0.4) is 0 Å². The van der Waals surface area contributed by atoms with Crippen LogP contribution < -0.4 is 5.32 Å². The van der Waals surface area contributed by atoms with Crippen molar-refractivity contribution in [3.05, 3.63) is 28.5 Å². The summed E-state index contributed by atoms with van der Waals surface area (Å²) >= 11 is 3.35. The molecule has 1 fully saturated rings. The normalized spacial score (nSPS) is 22.1. The predicted molar refractivity (Wildman–Crippen MR) is 66.1 cm³/mol. The van der Waals surface area contributed by atoms with Gasteiger partial charge in [0.1, 0.15) is 5.82 Å². The summed E-state index contributed by atoms with van der Waals surface area (Å²) in [5, 5.41) is 3.22. The van der Waals surface area contributed by atoms with E-state index < -0.39 is 0 Å². The van der Waals surface area contributed by atoms with E-state index in [1.165, 1.54) is 6.07 Å². The van der Waals surface area contributed by atoms with Gasteiger partial charge in [0, 0.05) is 23.0 Å². The molecule has 0 radical (unpaired) electrons. The molecule has 16 heavy (non-hydrogen) atoms. The van der Waals surface area contributed by atoms with Crippen molar-refractivity contribution in [2.75, 3.05) is 18.5 Å². The van der Waals surface area contributed by atoms with E-state index in [0.717, 1.165) is 24.1 Å². The first-order valence-corrected chi connectivity index (χ1v) is 6.26. The molecule has 0 aromatic heterocycles. The highest BCUT2D eigenvalue weighted by atomic mass is 79.9. The lowest BCUT2D eigenvalue weighted by molar-refractivity contribution is 0.183. The predicted octanol–water partition coefficient (Wildman–Crippen LogP) is 3.43. The Morgan fingerprint density at radius 1 is 1.56 bits per heavy atom. The molecular weight excluding hydrogens is 273 g/mol. The Bertz CT molecular complexity index is 346. The zero-order valence-electron chi connectivity index (χ0n) is 9.17. The molecule has 2 unspecified atom stereocenters. The zero-order chi connectivity index (χ0) is 11.5. The van der Waals surface area contributed by atoms with Gasteiger partial charge in [0.25, 0.3) is 0 Å². The fourth-order valence-electron chi connectivity index (χ4n) is 1.93. The van der Waals surface area contributed by atoms with Gasteiger partial charge in [0.05, 0.1) is 12.3 Å². The van der Waals surface area contributed by atoms with Crippen molar-refractivity contribution in [1.29, 1.82) is 0 Å². The Balaban J connectivity index is 2.07. The van der Waals surface area contributed by atoms with Crippen molar-refractivity contribution < 1.29 is 9.13 Å². The average molecular weight is 288 g/mol. The van der Waals surface area contributed by atoms with Crippen LogP contribution in [0, 0.1) is 11.7 Å². The quantitative estimate of drug-likeness (QED) is 0.920. The van der Waals surface area contributed by atoms with E-state index in [0.29, 0.717) is 11.6 Å². The van der Waals surface area contributed by atoms with E-state index in [9.17, 15) is 4.39 Å². The van der Waals surface area contributed by atoms with Crippen molar-refractivity contribution in [1.82, 2.24) is 0 Å². The van der Waals surface area contributed by atoms with E-state index in [2.05, 4.69) is 28.2 Å². The minimum absolute atomic E-state index is 0.218. The van der Waals surface area contributed by atoms with E-state index in [-0.39, 0.29) is 11.9 Å². The van der Waals surface area contributed by atoms with E-state index in [4.69, 9.17) is 4.74 Å². The summed E-state index contributed by atoms with van der Waals surface area (Å²) in [5.74, 6) is 0.242. The van der Waals surface area contributed by atoms with Crippen LogP contribution in [0.1, 0.15) is 13.3 Å². The number of halogens is 2. The molecule has 1 aromatic rings. The molecule has 0 aliphatic carbocycles. The van der Waals surface area contributed by atoms with Crippen LogP contribution in [-0.4, -0.2) is 19.3 Å². The monoisotopic (exact) mass is 287 g/mol. The Morgan fingerprint density at radius 2 is 2.38 bits per heavy atom. The number of para-hydroxylation sites is 1. The first kappa shape index (κ1) is 11.9. The fraction of sp³-hybridized carbons (Fsp3) is 0.500. The molecular formula is C12H15BrFNO. The maximum absolute atomic E-state index is 13.6. The fourth-order valence-corrected chi connectivity index (χ4v) is 2.38. The number of rotatable bonds is 3. The Morgan fingerprint density at radius 3 is 3.00 bits per heavy atom. The summed E-state index contributed by atoms with van der Waals surface area (Å²) in [6.07, 6.45) is 1.04. The average Bonchev–Trinajstić information content (AvgIpc) is 2.76. The molecule has 1 aromatic carbocycles. The number of ether oxygens (including phenoxy) is 1. The van der Waals surface area contributed by atoms with Gasteiger partial charge in [-0.05, 0) is 41.4 Å². The summed E-state index contributed by atoms with van der Waals surface area (Å²) < 4.78 is 19.7. The summed E-state index contributed by atoms with van der Waals surface area (Å²) in [5.41, 5.74) is 0.543. The largest absolute Gasteiger partial charge is 0.381 e. The van der Waals surface area contributed by atoms with Gasteiger partial charge < -0.3 is 10.1 Å². The van der Waals surface area contributed by atoms with Crippen molar-refractivity contribution in [2.45, 2.75) is 19.4 Å². The second-order valence-electron chi connectivity index (χ2n) is 4.15. The topological polar surface area (TPSA) is 21.3 Å². The van der Waals surface area contributed by atoms with Gasteiger partial charge in [-0.15, -0.1) is 0 Å². The Labute approximate surface area is 103 Å². The highest BCUT2D eigenvalue weighted by Crippen LogP contribution is 2.28. The molecule has 1 heterocycles. The van der Waals surface area contributed by atoms with Gasteiger partial charge in [-0.2, -0.15) is 0 Å². The highest BCUT2D eigenvalue weighted by Gasteiger charge is 2.23. The number of hydrogen-bond donors (Lipinski definition) is 1. The van der Waals surface area contributed by atoms with Crippen LogP contribution in [0.25, 0.3) is 0 Å². The first-order valence-electron chi connectivity index (χ1n) is 5.47. The van der Waals surface area contributed by atoms with Crippen LogP contribution in [0.2, 0.25) is 0 Å². The maximum atomic E-state index is 13.6. The lowest BCUT2D eigenvalue weighted by atomic mass is 10.0. The summed E-state index contributed by atoms with van der Waals surface area (Å²) in [6.45, 7) is 3.65. The standard InChI is InChI=1S/C12H15BrFNO/c1-8(9-5-6-16-7-9)15-12-10(13)3-2-4-11(12)14/h2-4,8-9,15H,5-7H2,1H3. The van der Waals surface area contributed by atoms with Gasteiger partial charge in [0.15, 0.2) is 0 Å². The van der Waals surface area contributed by atoms with Crippen LogP contribution in [0.5, 0.6) is 0 Å². The van der Waals surface area contributed by atoms with Crippen LogP contribution in [-0.2, 0) is 4.74 Å². The highest BCUT2D eigenvalue weighted by molar-refractivity contribution is 9.10. The van der Waals surface area contributed by atoms with Crippen LogP contribution in [0.15, 0.2) is 22.7 Å². The number of nitrogens with one attached hydrogen (secondary N) is 1. The molecule has 2 nitrogen and oxygen atoms in total. The molecule has 0 spiro atoms. The molecule has 1 aliphatic rings. The van der Waals surface area contributed by atoms with Crippen molar-refractivity contribution in [3.8, 4) is 0 Å². The molecule has 0 saturated carbocycles. The molecule has 1 saturated heterocycles. The maximum Gasteiger partial charge on any atom is 0.147 e. The molecule has 88 valence electrons. The van der Waals surface area contributed by atoms with E-state index in [1.807, 2.05) is 6.07 Å². The first-order chi connectivity index (χ1) is 7.68. The van der Waals surface area contributed by atoms with Crippen molar-refractivity contribution >= 4 is 21.6 Å². The zero-order valence-corrected chi connectivity index (χ0v) is 10.8. The smallest absolute Gasteiger partial charge is 0.147 e. The minimum Gasteiger partial charge on any atom is -0.381 e. The SMILES string of the molecule is CC(Nc1c(F)cccc1Br)C1CCOC1. The van der Waals surface area contributed by atoms with Crippen LogP contribution in [0.4, 0.5) is 10.1 Å². The molecule has 1 N–H and O–H groups in total. The Hall–Kier alpha value is -0.610. The molecule has 2 rings (SSSR count). The van der Waals surface area contributed by atoms with Crippen molar-refractivity contribution in [3.63, 3.8) is 0 Å². The third-order valence-electron chi connectivity index (χ3n) is 3.01. The molecule has 4 heteroatoms. The lowest BCUT2D eigenvalue weighted by Crippen LogP contribution is -2.26. The molecule has 2 atom stereocenters. The molecule has 0 amide bonds. The summed E-state index contributed by atoms with van der Waals surface area (Å²) in [6, 6.07) is 5.21.